The smallest absolute Gasteiger partial charge is 0.305 e. The Morgan fingerprint density at radius 1 is 1.23 bits per heavy atom. The molecule has 2 heterocycles. The first-order valence-electron chi connectivity index (χ1n) is 8.96. The van der Waals surface area contributed by atoms with Crippen molar-refractivity contribution in [2.24, 2.45) is 10.2 Å². The first-order valence-corrected chi connectivity index (χ1v) is 9.77. The number of carbonyl (C=O) groups excluding carboxylic acids is 1. The van der Waals surface area contributed by atoms with Gasteiger partial charge in [-0.25, -0.2) is 0 Å². The summed E-state index contributed by atoms with van der Waals surface area (Å²) in [5, 5.41) is 19.4. The highest BCUT2D eigenvalue weighted by atomic mass is 32.1. The van der Waals surface area contributed by atoms with E-state index < -0.39 is 0 Å². The number of aromatic nitrogens is 1. The molecule has 134 valence electrons. The van der Waals surface area contributed by atoms with Gasteiger partial charge in [0.15, 0.2) is 5.69 Å². The van der Waals surface area contributed by atoms with Crippen molar-refractivity contribution in [1.29, 1.82) is 0 Å². The summed E-state index contributed by atoms with van der Waals surface area (Å²) in [5.41, 5.74) is 2.51. The van der Waals surface area contributed by atoms with E-state index in [4.69, 9.17) is 0 Å². The topological polar surface area (TPSA) is 66.9 Å². The van der Waals surface area contributed by atoms with Crippen LogP contribution in [0.5, 0.6) is 5.88 Å². The Kier molecular flexibility index (Phi) is 4.36. The van der Waals surface area contributed by atoms with E-state index in [1.165, 1.54) is 34.6 Å². The number of thiophene rings is 1. The summed E-state index contributed by atoms with van der Waals surface area (Å²) in [7, 11) is 0. The summed E-state index contributed by atoms with van der Waals surface area (Å²) in [6.07, 6.45) is 4.46. The van der Waals surface area contributed by atoms with E-state index >= 15 is 0 Å². The lowest BCUT2D eigenvalue weighted by atomic mass is 9.99. The maximum atomic E-state index is 12.5. The molecule has 0 saturated heterocycles. The Morgan fingerprint density at radius 2 is 2.00 bits per heavy atom. The minimum Gasteiger partial charge on any atom is -0.493 e. The fourth-order valence-corrected chi connectivity index (χ4v) is 4.73. The first-order chi connectivity index (χ1) is 12.6. The second-order valence-electron chi connectivity index (χ2n) is 6.92. The normalized spacial score (nSPS) is 14.4. The monoisotopic (exact) mass is 367 g/mol. The van der Waals surface area contributed by atoms with E-state index in [-0.39, 0.29) is 17.8 Å². The number of aromatic hydroxyl groups is 1. The molecule has 0 bridgehead atoms. The van der Waals surface area contributed by atoms with Crippen LogP contribution in [0.3, 0.4) is 0 Å². The summed E-state index contributed by atoms with van der Waals surface area (Å²) < 4.78 is 1.80. The van der Waals surface area contributed by atoms with Gasteiger partial charge in [-0.2, -0.15) is 0 Å². The SMILES string of the molecule is CC(C)n1c(O)c(N=NC(=O)c2cc3c(s2)CCCC3)c2ccccc21. The number of amides is 1. The highest BCUT2D eigenvalue weighted by Gasteiger charge is 2.20. The maximum Gasteiger partial charge on any atom is 0.305 e. The van der Waals surface area contributed by atoms with Crippen molar-refractivity contribution >= 4 is 33.8 Å². The Morgan fingerprint density at radius 3 is 2.77 bits per heavy atom. The molecule has 0 atom stereocenters. The van der Waals surface area contributed by atoms with Gasteiger partial charge in [-0.1, -0.05) is 18.2 Å². The predicted molar refractivity (Wildman–Crippen MR) is 104 cm³/mol. The predicted octanol–water partition coefficient (Wildman–Crippen LogP) is 5.79. The molecule has 0 aliphatic heterocycles. The Bertz CT molecular complexity index is 990. The van der Waals surface area contributed by atoms with Gasteiger partial charge < -0.3 is 9.67 Å². The molecule has 0 spiro atoms. The highest BCUT2D eigenvalue weighted by Crippen LogP contribution is 2.41. The van der Waals surface area contributed by atoms with Crippen LogP contribution in [0.15, 0.2) is 40.6 Å². The van der Waals surface area contributed by atoms with Gasteiger partial charge in [0.05, 0.1) is 10.4 Å². The van der Waals surface area contributed by atoms with Gasteiger partial charge in [-0.3, -0.25) is 4.79 Å². The molecule has 0 radical (unpaired) electrons. The van der Waals surface area contributed by atoms with Crippen LogP contribution in [0.4, 0.5) is 5.69 Å². The van der Waals surface area contributed by atoms with Crippen LogP contribution < -0.4 is 0 Å². The van der Waals surface area contributed by atoms with E-state index in [9.17, 15) is 9.90 Å². The number of carbonyl (C=O) groups is 1. The van der Waals surface area contributed by atoms with E-state index in [0.29, 0.717) is 10.6 Å². The van der Waals surface area contributed by atoms with Crippen molar-refractivity contribution < 1.29 is 9.90 Å². The van der Waals surface area contributed by atoms with Crippen molar-refractivity contribution in [3.05, 3.63) is 45.6 Å². The standard InChI is InChI=1S/C20H21N3O2S/c1-12(2)23-15-9-5-4-8-14(15)18(20(23)25)21-22-19(24)17-11-13-7-3-6-10-16(13)26-17/h4-5,8-9,11-12,25H,3,6-7,10H2,1-2H3. The number of benzene rings is 1. The van der Waals surface area contributed by atoms with Gasteiger partial charge in [0.2, 0.25) is 5.88 Å². The molecule has 3 aromatic rings. The van der Waals surface area contributed by atoms with Crippen LogP contribution in [0.25, 0.3) is 10.9 Å². The van der Waals surface area contributed by atoms with Gasteiger partial charge >= 0.3 is 5.91 Å². The Labute approximate surface area is 156 Å². The molecule has 4 rings (SSSR count). The largest absolute Gasteiger partial charge is 0.493 e. The third-order valence-electron chi connectivity index (χ3n) is 4.82. The van der Waals surface area contributed by atoms with E-state index in [1.54, 1.807) is 4.57 Å². The molecule has 26 heavy (non-hydrogen) atoms. The summed E-state index contributed by atoms with van der Waals surface area (Å²) >= 11 is 1.53. The molecular formula is C20H21N3O2S. The average Bonchev–Trinajstić information content (AvgIpc) is 3.18. The van der Waals surface area contributed by atoms with Gasteiger partial charge in [-0.15, -0.1) is 21.6 Å². The lowest BCUT2D eigenvalue weighted by molar-refractivity contribution is 0.0999. The number of nitrogens with zero attached hydrogens (tertiary/aromatic N) is 3. The molecule has 0 saturated carbocycles. The molecule has 0 fully saturated rings. The van der Waals surface area contributed by atoms with Gasteiger partial charge in [0.25, 0.3) is 0 Å². The number of hydrogen-bond acceptors (Lipinski definition) is 4. The number of para-hydroxylation sites is 1. The van der Waals surface area contributed by atoms with Crippen molar-refractivity contribution in [2.75, 3.05) is 0 Å². The van der Waals surface area contributed by atoms with Gasteiger partial charge in [0.1, 0.15) is 0 Å². The van der Waals surface area contributed by atoms with E-state index in [0.717, 1.165) is 23.7 Å². The molecule has 6 heteroatoms. The highest BCUT2D eigenvalue weighted by molar-refractivity contribution is 7.14. The summed E-state index contributed by atoms with van der Waals surface area (Å²) in [6.45, 7) is 3.99. The Balaban J connectivity index is 1.69. The zero-order chi connectivity index (χ0) is 18.3. The summed E-state index contributed by atoms with van der Waals surface area (Å²) in [5.74, 6) is -0.298. The van der Waals surface area contributed by atoms with Crippen LogP contribution in [0.1, 0.15) is 52.8 Å². The molecular weight excluding hydrogens is 346 g/mol. The van der Waals surface area contributed by atoms with Gasteiger partial charge in [-0.05, 0) is 57.2 Å². The quantitative estimate of drug-likeness (QED) is 0.595. The molecule has 1 N–H and O–H groups in total. The van der Waals surface area contributed by atoms with Crippen molar-refractivity contribution in [2.45, 2.75) is 45.6 Å². The average molecular weight is 367 g/mol. The molecule has 0 unspecified atom stereocenters. The third-order valence-corrected chi connectivity index (χ3v) is 6.05. The summed E-state index contributed by atoms with van der Waals surface area (Å²) in [6, 6.07) is 9.66. The van der Waals surface area contributed by atoms with Gasteiger partial charge in [0, 0.05) is 16.3 Å². The van der Waals surface area contributed by atoms with Crippen LogP contribution in [-0.2, 0) is 12.8 Å². The fourth-order valence-electron chi connectivity index (χ4n) is 3.59. The maximum absolute atomic E-state index is 12.5. The number of aryl methyl sites for hydroxylation is 2. The second-order valence-corrected chi connectivity index (χ2v) is 8.06. The van der Waals surface area contributed by atoms with E-state index in [2.05, 4.69) is 10.2 Å². The van der Waals surface area contributed by atoms with Crippen molar-refractivity contribution in [3.8, 4) is 5.88 Å². The minimum absolute atomic E-state index is 0.0447. The lowest BCUT2D eigenvalue weighted by Gasteiger charge is -2.10. The number of azo groups is 1. The molecule has 1 aliphatic rings. The zero-order valence-corrected chi connectivity index (χ0v) is 15.7. The molecule has 1 amide bonds. The number of rotatable bonds is 3. The van der Waals surface area contributed by atoms with Crippen molar-refractivity contribution in [1.82, 2.24) is 4.57 Å². The van der Waals surface area contributed by atoms with Crippen LogP contribution in [0.2, 0.25) is 0 Å². The molecule has 5 nitrogen and oxygen atoms in total. The lowest BCUT2D eigenvalue weighted by Crippen LogP contribution is -1.98. The molecule has 1 aromatic carbocycles. The summed E-state index contributed by atoms with van der Waals surface area (Å²) in [4.78, 5) is 14.4. The van der Waals surface area contributed by atoms with Crippen LogP contribution >= 0.6 is 11.3 Å². The van der Waals surface area contributed by atoms with Crippen LogP contribution in [0, 0.1) is 0 Å². The number of hydrogen-bond donors (Lipinski definition) is 1. The van der Waals surface area contributed by atoms with Crippen LogP contribution in [-0.4, -0.2) is 15.6 Å². The Hall–Kier alpha value is -2.47. The molecule has 1 aliphatic carbocycles. The second kappa shape index (κ2) is 6.68. The fraction of sp³-hybridized carbons (Fsp3) is 0.350. The minimum atomic E-state index is -0.342. The van der Waals surface area contributed by atoms with Crippen molar-refractivity contribution in [3.63, 3.8) is 0 Å². The van der Waals surface area contributed by atoms with E-state index in [1.807, 2.05) is 44.2 Å². The third kappa shape index (κ3) is 2.84. The zero-order valence-electron chi connectivity index (χ0n) is 14.9. The first kappa shape index (κ1) is 17.0. The number of fused-ring (bicyclic) bond motifs is 2. The molecule has 2 aromatic heterocycles.